The van der Waals surface area contributed by atoms with Crippen LogP contribution in [0.2, 0.25) is 0 Å². The second-order valence-electron chi connectivity index (χ2n) is 6.52. The molecule has 1 heterocycles. The highest BCUT2D eigenvalue weighted by atomic mass is 16.5. The molecule has 4 heteroatoms. The summed E-state index contributed by atoms with van der Waals surface area (Å²) in [5.41, 5.74) is 9.44. The van der Waals surface area contributed by atoms with Crippen molar-refractivity contribution in [3.63, 3.8) is 0 Å². The van der Waals surface area contributed by atoms with E-state index < -0.39 is 0 Å². The molecule has 4 rings (SSSR count). The zero-order valence-corrected chi connectivity index (χ0v) is 14.8. The molecule has 0 bridgehead atoms. The van der Waals surface area contributed by atoms with E-state index in [2.05, 4.69) is 52.9 Å². The van der Waals surface area contributed by atoms with Crippen molar-refractivity contribution in [3.8, 4) is 6.07 Å². The van der Waals surface area contributed by atoms with Crippen molar-refractivity contribution in [2.45, 2.75) is 13.1 Å². The van der Waals surface area contributed by atoms with Crippen LogP contribution in [0.3, 0.4) is 0 Å². The molecule has 0 saturated carbocycles. The van der Waals surface area contributed by atoms with Crippen molar-refractivity contribution in [3.05, 3.63) is 94.5 Å². The largest absolute Gasteiger partial charge is 0.336 e. The molecule has 0 unspecified atom stereocenters. The molecule has 0 amide bonds. The highest BCUT2D eigenvalue weighted by Crippen LogP contribution is 2.37. The fourth-order valence-electron chi connectivity index (χ4n) is 3.39. The fraction of sp³-hybridized carbons (Fsp3) is 0.0870. The maximum absolute atomic E-state index is 9.24. The lowest BCUT2D eigenvalue weighted by Crippen LogP contribution is -2.18. The predicted molar refractivity (Wildman–Crippen MR) is 107 cm³/mol. The summed E-state index contributed by atoms with van der Waals surface area (Å²) >= 11 is 0. The monoisotopic (exact) mass is 353 g/mol. The summed E-state index contributed by atoms with van der Waals surface area (Å²) < 4.78 is 0. The molecule has 0 fully saturated rings. The highest BCUT2D eigenvalue weighted by Gasteiger charge is 2.18. The average molecular weight is 353 g/mol. The number of benzene rings is 3. The van der Waals surface area contributed by atoms with Gasteiger partial charge in [0, 0.05) is 24.5 Å². The van der Waals surface area contributed by atoms with Gasteiger partial charge in [0.2, 0.25) is 0 Å². The first-order chi connectivity index (χ1) is 13.3. The summed E-state index contributed by atoms with van der Waals surface area (Å²) in [6.07, 6.45) is 4.18. The molecule has 1 aliphatic heterocycles. The minimum Gasteiger partial charge on any atom is -0.336 e. The standard InChI is InChI=1S/C23H19N3O/c24-14-19-9-12-23-21(13-19)11-10-20-3-1-2-4-22(20)26(23)16-18-7-5-17(6-8-18)15-25-27/h1-13,25,27H,15-16H2. The van der Waals surface area contributed by atoms with Gasteiger partial charge in [-0.3, -0.25) is 0 Å². The average Bonchev–Trinajstić information content (AvgIpc) is 2.86. The van der Waals surface area contributed by atoms with Crippen molar-refractivity contribution in [2.75, 3.05) is 4.90 Å². The maximum atomic E-state index is 9.24. The van der Waals surface area contributed by atoms with Gasteiger partial charge >= 0.3 is 0 Å². The summed E-state index contributed by atoms with van der Waals surface area (Å²) in [6, 6.07) is 24.5. The molecule has 0 aromatic heterocycles. The van der Waals surface area contributed by atoms with E-state index in [0.717, 1.165) is 28.1 Å². The molecular formula is C23H19N3O. The van der Waals surface area contributed by atoms with Gasteiger partial charge in [0.25, 0.3) is 0 Å². The summed E-state index contributed by atoms with van der Waals surface area (Å²) in [5.74, 6) is 0. The molecule has 0 saturated heterocycles. The van der Waals surface area contributed by atoms with Gasteiger partial charge in [0.05, 0.1) is 11.6 Å². The first-order valence-corrected chi connectivity index (χ1v) is 8.82. The van der Waals surface area contributed by atoms with Crippen molar-refractivity contribution < 1.29 is 5.21 Å². The number of rotatable bonds is 4. The molecule has 1 aliphatic rings. The van der Waals surface area contributed by atoms with E-state index in [4.69, 9.17) is 5.21 Å². The Labute approximate surface area is 158 Å². The second kappa shape index (κ2) is 7.46. The number of hydrogen-bond donors (Lipinski definition) is 2. The summed E-state index contributed by atoms with van der Waals surface area (Å²) in [5, 5.41) is 18.1. The molecule has 3 aromatic rings. The van der Waals surface area contributed by atoms with Crippen LogP contribution in [0.1, 0.15) is 27.8 Å². The van der Waals surface area contributed by atoms with Crippen molar-refractivity contribution >= 4 is 23.5 Å². The number of anilines is 2. The van der Waals surface area contributed by atoms with Crippen LogP contribution in [0.15, 0.2) is 66.7 Å². The second-order valence-corrected chi connectivity index (χ2v) is 6.52. The molecule has 2 N–H and O–H groups in total. The van der Waals surface area contributed by atoms with E-state index in [1.54, 1.807) is 0 Å². The lowest BCUT2D eigenvalue weighted by Gasteiger charge is -2.27. The Hall–Kier alpha value is -3.39. The molecule has 0 spiro atoms. The van der Waals surface area contributed by atoms with Crippen LogP contribution < -0.4 is 10.4 Å². The number of para-hydroxylation sites is 1. The summed E-state index contributed by atoms with van der Waals surface area (Å²) in [4.78, 5) is 2.28. The van der Waals surface area contributed by atoms with Crippen LogP contribution in [0.5, 0.6) is 0 Å². The normalized spacial score (nSPS) is 12.1. The Morgan fingerprint density at radius 2 is 1.56 bits per heavy atom. The Bertz CT molecular complexity index is 1030. The molecule has 4 nitrogen and oxygen atoms in total. The number of nitrogens with zero attached hydrogens (tertiary/aromatic N) is 2. The zero-order valence-electron chi connectivity index (χ0n) is 14.8. The Kier molecular flexibility index (Phi) is 4.71. The molecule has 0 atom stereocenters. The SMILES string of the molecule is N#Cc1ccc2c(c1)C=Cc1ccccc1N2Cc1ccc(CNO)cc1. The third-order valence-electron chi connectivity index (χ3n) is 4.76. The molecular weight excluding hydrogens is 334 g/mol. The summed E-state index contributed by atoms with van der Waals surface area (Å²) in [7, 11) is 0. The Balaban J connectivity index is 1.76. The molecule has 27 heavy (non-hydrogen) atoms. The van der Waals surface area contributed by atoms with E-state index in [1.165, 1.54) is 5.56 Å². The molecule has 0 aliphatic carbocycles. The van der Waals surface area contributed by atoms with Crippen LogP contribution in [-0.4, -0.2) is 5.21 Å². The highest BCUT2D eigenvalue weighted by molar-refractivity contribution is 5.89. The van der Waals surface area contributed by atoms with E-state index in [-0.39, 0.29) is 0 Å². The van der Waals surface area contributed by atoms with Crippen LogP contribution in [0.25, 0.3) is 12.2 Å². The Morgan fingerprint density at radius 1 is 0.852 bits per heavy atom. The van der Waals surface area contributed by atoms with Crippen molar-refractivity contribution in [1.29, 1.82) is 5.26 Å². The smallest absolute Gasteiger partial charge is 0.0991 e. The van der Waals surface area contributed by atoms with Crippen LogP contribution in [0, 0.1) is 11.3 Å². The van der Waals surface area contributed by atoms with Crippen LogP contribution in [-0.2, 0) is 13.1 Å². The lowest BCUT2D eigenvalue weighted by molar-refractivity contribution is 0.161. The van der Waals surface area contributed by atoms with Gasteiger partial charge in [-0.25, -0.2) is 5.48 Å². The zero-order chi connectivity index (χ0) is 18.6. The number of hydrogen-bond acceptors (Lipinski definition) is 4. The van der Waals surface area contributed by atoms with Gasteiger partial charge in [-0.15, -0.1) is 0 Å². The van der Waals surface area contributed by atoms with Crippen LogP contribution in [0.4, 0.5) is 11.4 Å². The minimum absolute atomic E-state index is 0.427. The molecule has 3 aromatic carbocycles. The Morgan fingerprint density at radius 3 is 2.33 bits per heavy atom. The first-order valence-electron chi connectivity index (χ1n) is 8.82. The minimum atomic E-state index is 0.427. The van der Waals surface area contributed by atoms with Gasteiger partial charge in [-0.2, -0.15) is 5.26 Å². The van der Waals surface area contributed by atoms with E-state index >= 15 is 0 Å². The third-order valence-corrected chi connectivity index (χ3v) is 4.76. The number of nitriles is 1. The van der Waals surface area contributed by atoms with Gasteiger partial charge < -0.3 is 10.1 Å². The van der Waals surface area contributed by atoms with E-state index in [9.17, 15) is 5.26 Å². The van der Waals surface area contributed by atoms with Gasteiger partial charge in [-0.05, 0) is 46.5 Å². The fourth-order valence-corrected chi connectivity index (χ4v) is 3.39. The number of fused-ring (bicyclic) bond motifs is 2. The van der Waals surface area contributed by atoms with E-state index in [0.29, 0.717) is 18.7 Å². The lowest BCUT2D eigenvalue weighted by atomic mass is 10.1. The summed E-state index contributed by atoms with van der Waals surface area (Å²) in [6.45, 7) is 1.14. The molecule has 132 valence electrons. The molecule has 0 radical (unpaired) electrons. The van der Waals surface area contributed by atoms with Gasteiger partial charge in [0.1, 0.15) is 0 Å². The van der Waals surface area contributed by atoms with Crippen molar-refractivity contribution in [1.82, 2.24) is 5.48 Å². The quantitative estimate of drug-likeness (QED) is 0.658. The van der Waals surface area contributed by atoms with Crippen molar-refractivity contribution in [2.24, 2.45) is 0 Å². The number of hydroxylamine groups is 1. The topological polar surface area (TPSA) is 59.3 Å². The third kappa shape index (κ3) is 3.47. The predicted octanol–water partition coefficient (Wildman–Crippen LogP) is 4.86. The first kappa shape index (κ1) is 17.0. The number of nitrogens with one attached hydrogen (secondary N) is 1. The van der Waals surface area contributed by atoms with Crippen LogP contribution >= 0.6 is 0 Å². The van der Waals surface area contributed by atoms with E-state index in [1.807, 2.05) is 42.5 Å². The van der Waals surface area contributed by atoms with Gasteiger partial charge in [0.15, 0.2) is 0 Å². The maximum Gasteiger partial charge on any atom is 0.0991 e. The van der Waals surface area contributed by atoms with Gasteiger partial charge in [-0.1, -0.05) is 54.6 Å².